The Kier molecular flexibility index (Phi) is 4.74. The summed E-state index contributed by atoms with van der Waals surface area (Å²) in [4.78, 5) is 26.4. The molecule has 0 N–H and O–H groups in total. The van der Waals surface area contributed by atoms with Crippen LogP contribution in [0.5, 0.6) is 11.5 Å². The van der Waals surface area contributed by atoms with E-state index in [1.807, 2.05) is 32.0 Å². The summed E-state index contributed by atoms with van der Waals surface area (Å²) in [6.07, 6.45) is 0.169. The molecule has 1 saturated heterocycles. The van der Waals surface area contributed by atoms with Gasteiger partial charge in [-0.3, -0.25) is 9.59 Å². The Morgan fingerprint density at radius 1 is 1.04 bits per heavy atom. The second-order valence-corrected chi connectivity index (χ2v) is 6.27. The van der Waals surface area contributed by atoms with E-state index in [0.717, 1.165) is 11.3 Å². The first-order valence-corrected chi connectivity index (χ1v) is 8.21. The smallest absolute Gasteiger partial charge is 0.316 e. The second kappa shape index (κ2) is 6.97. The standard InChI is InChI=1S/C20H21NO4/c1-13-4-5-16(10-14(13)2)21-12-15(11-19(21)22)20(23)25-18-8-6-17(24-3)7-9-18/h4-10,15H,11-12H2,1-3H3/t15-/m0/s1. The number of carbonyl (C=O) groups is 2. The first-order valence-electron chi connectivity index (χ1n) is 8.21. The van der Waals surface area contributed by atoms with E-state index in [9.17, 15) is 9.59 Å². The van der Waals surface area contributed by atoms with Crippen LogP contribution in [0.15, 0.2) is 42.5 Å². The van der Waals surface area contributed by atoms with Crippen LogP contribution in [0.1, 0.15) is 17.5 Å². The van der Waals surface area contributed by atoms with Gasteiger partial charge in [0.1, 0.15) is 11.5 Å². The molecule has 2 aromatic carbocycles. The number of amides is 1. The number of hydrogen-bond donors (Lipinski definition) is 0. The van der Waals surface area contributed by atoms with Gasteiger partial charge in [-0.15, -0.1) is 0 Å². The third-order valence-electron chi connectivity index (χ3n) is 4.54. The fourth-order valence-corrected chi connectivity index (χ4v) is 2.85. The first-order chi connectivity index (χ1) is 12.0. The van der Waals surface area contributed by atoms with Crippen molar-refractivity contribution in [3.05, 3.63) is 53.6 Å². The van der Waals surface area contributed by atoms with Gasteiger partial charge in [-0.1, -0.05) is 6.07 Å². The maximum atomic E-state index is 12.4. The van der Waals surface area contributed by atoms with Gasteiger partial charge in [0.2, 0.25) is 5.91 Å². The molecule has 1 aliphatic heterocycles. The largest absolute Gasteiger partial charge is 0.497 e. The highest BCUT2D eigenvalue weighted by Crippen LogP contribution is 2.28. The van der Waals surface area contributed by atoms with Gasteiger partial charge in [0.25, 0.3) is 0 Å². The summed E-state index contributed by atoms with van der Waals surface area (Å²) in [5.74, 6) is 0.237. The van der Waals surface area contributed by atoms with E-state index >= 15 is 0 Å². The molecule has 25 heavy (non-hydrogen) atoms. The molecule has 1 heterocycles. The number of carbonyl (C=O) groups excluding carboxylic acids is 2. The predicted octanol–water partition coefficient (Wildman–Crippen LogP) is 3.27. The fraction of sp³-hybridized carbons (Fsp3) is 0.300. The van der Waals surface area contributed by atoms with Crippen molar-refractivity contribution in [3.8, 4) is 11.5 Å². The van der Waals surface area contributed by atoms with Crippen molar-refractivity contribution in [1.82, 2.24) is 0 Å². The zero-order valence-electron chi connectivity index (χ0n) is 14.6. The van der Waals surface area contributed by atoms with Crippen LogP contribution in [0.25, 0.3) is 0 Å². The van der Waals surface area contributed by atoms with Crippen LogP contribution in [-0.4, -0.2) is 25.5 Å². The van der Waals surface area contributed by atoms with Crippen molar-refractivity contribution in [2.75, 3.05) is 18.6 Å². The molecule has 0 bridgehead atoms. The summed E-state index contributed by atoms with van der Waals surface area (Å²) in [5.41, 5.74) is 3.12. The predicted molar refractivity (Wildman–Crippen MR) is 95.0 cm³/mol. The molecule has 1 atom stereocenters. The Morgan fingerprint density at radius 2 is 1.72 bits per heavy atom. The Labute approximate surface area is 147 Å². The molecule has 1 aliphatic rings. The van der Waals surface area contributed by atoms with Crippen LogP contribution in [-0.2, 0) is 9.59 Å². The van der Waals surface area contributed by atoms with Gasteiger partial charge in [-0.25, -0.2) is 0 Å². The minimum Gasteiger partial charge on any atom is -0.497 e. The van der Waals surface area contributed by atoms with Gasteiger partial charge in [0.05, 0.1) is 13.0 Å². The number of methoxy groups -OCH3 is 1. The fourth-order valence-electron chi connectivity index (χ4n) is 2.85. The summed E-state index contributed by atoms with van der Waals surface area (Å²) >= 11 is 0. The van der Waals surface area contributed by atoms with Crippen LogP contribution in [0.3, 0.4) is 0 Å². The maximum absolute atomic E-state index is 12.4. The van der Waals surface area contributed by atoms with Crippen molar-refractivity contribution >= 4 is 17.6 Å². The highest BCUT2D eigenvalue weighted by atomic mass is 16.5. The van der Waals surface area contributed by atoms with E-state index in [0.29, 0.717) is 18.0 Å². The van der Waals surface area contributed by atoms with E-state index < -0.39 is 5.92 Å². The lowest BCUT2D eigenvalue weighted by atomic mass is 10.1. The van der Waals surface area contributed by atoms with E-state index in [1.54, 1.807) is 36.3 Å². The molecular weight excluding hydrogens is 318 g/mol. The molecular formula is C20H21NO4. The topological polar surface area (TPSA) is 55.8 Å². The molecule has 130 valence electrons. The molecule has 0 aliphatic carbocycles. The second-order valence-electron chi connectivity index (χ2n) is 6.27. The number of benzene rings is 2. The molecule has 1 amide bonds. The van der Waals surface area contributed by atoms with E-state index in [2.05, 4.69) is 0 Å². The van der Waals surface area contributed by atoms with E-state index in [4.69, 9.17) is 9.47 Å². The zero-order valence-corrected chi connectivity index (χ0v) is 14.6. The summed E-state index contributed by atoms with van der Waals surface area (Å²) in [5, 5.41) is 0. The lowest BCUT2D eigenvalue weighted by Crippen LogP contribution is -2.27. The van der Waals surface area contributed by atoms with E-state index in [-0.39, 0.29) is 18.3 Å². The molecule has 1 fully saturated rings. The third kappa shape index (κ3) is 3.65. The summed E-state index contributed by atoms with van der Waals surface area (Å²) in [6, 6.07) is 12.7. The Hall–Kier alpha value is -2.82. The van der Waals surface area contributed by atoms with Gasteiger partial charge in [0.15, 0.2) is 0 Å². The van der Waals surface area contributed by atoms with Gasteiger partial charge >= 0.3 is 5.97 Å². The average molecular weight is 339 g/mol. The number of anilines is 1. The first kappa shape index (κ1) is 17.0. The van der Waals surface area contributed by atoms with Crippen LogP contribution in [0, 0.1) is 19.8 Å². The van der Waals surface area contributed by atoms with Crippen molar-refractivity contribution < 1.29 is 19.1 Å². The Morgan fingerprint density at radius 3 is 2.36 bits per heavy atom. The number of rotatable bonds is 4. The summed E-state index contributed by atoms with van der Waals surface area (Å²) in [6.45, 7) is 4.38. The van der Waals surface area contributed by atoms with Gasteiger partial charge in [0, 0.05) is 18.7 Å². The van der Waals surface area contributed by atoms with Gasteiger partial charge < -0.3 is 14.4 Å². The highest BCUT2D eigenvalue weighted by molar-refractivity contribution is 5.99. The van der Waals surface area contributed by atoms with Crippen molar-refractivity contribution in [2.45, 2.75) is 20.3 Å². The zero-order chi connectivity index (χ0) is 18.0. The number of nitrogens with zero attached hydrogens (tertiary/aromatic N) is 1. The lowest BCUT2D eigenvalue weighted by molar-refractivity contribution is -0.139. The SMILES string of the molecule is COc1ccc(OC(=O)[C@H]2CC(=O)N(c3ccc(C)c(C)c3)C2)cc1. The van der Waals surface area contributed by atoms with Crippen LogP contribution in [0.2, 0.25) is 0 Å². The molecule has 0 aromatic heterocycles. The lowest BCUT2D eigenvalue weighted by Gasteiger charge is -2.17. The maximum Gasteiger partial charge on any atom is 0.316 e. The number of esters is 1. The van der Waals surface area contributed by atoms with Crippen molar-refractivity contribution in [1.29, 1.82) is 0 Å². The number of aryl methyl sites for hydroxylation is 2. The van der Waals surface area contributed by atoms with Crippen LogP contribution >= 0.6 is 0 Å². The monoisotopic (exact) mass is 339 g/mol. The highest BCUT2D eigenvalue weighted by Gasteiger charge is 2.36. The Bertz CT molecular complexity index is 798. The van der Waals surface area contributed by atoms with Gasteiger partial charge in [-0.2, -0.15) is 0 Å². The number of ether oxygens (including phenoxy) is 2. The molecule has 5 nitrogen and oxygen atoms in total. The third-order valence-corrected chi connectivity index (χ3v) is 4.54. The summed E-state index contributed by atoms with van der Waals surface area (Å²) < 4.78 is 10.5. The van der Waals surface area contributed by atoms with Crippen molar-refractivity contribution in [2.24, 2.45) is 5.92 Å². The minimum absolute atomic E-state index is 0.0556. The molecule has 0 saturated carbocycles. The summed E-state index contributed by atoms with van der Waals surface area (Å²) in [7, 11) is 1.58. The average Bonchev–Trinajstić information content (AvgIpc) is 3.00. The Balaban J connectivity index is 1.68. The molecule has 3 rings (SSSR count). The van der Waals surface area contributed by atoms with Gasteiger partial charge in [-0.05, 0) is 61.4 Å². The van der Waals surface area contributed by atoms with Crippen LogP contribution in [0.4, 0.5) is 5.69 Å². The molecule has 0 radical (unpaired) electrons. The van der Waals surface area contributed by atoms with Crippen LogP contribution < -0.4 is 14.4 Å². The minimum atomic E-state index is -0.462. The quantitative estimate of drug-likeness (QED) is 0.634. The molecule has 2 aromatic rings. The normalized spacial score (nSPS) is 16.8. The van der Waals surface area contributed by atoms with Crippen molar-refractivity contribution in [3.63, 3.8) is 0 Å². The van der Waals surface area contributed by atoms with E-state index in [1.165, 1.54) is 5.56 Å². The molecule has 0 spiro atoms. The molecule has 0 unspecified atom stereocenters. The number of hydrogen-bond acceptors (Lipinski definition) is 4. The molecule has 5 heteroatoms.